The Balaban J connectivity index is 1.20. The maximum absolute atomic E-state index is 9.77. The average Bonchev–Trinajstić information content (AvgIpc) is 3.35. The van der Waals surface area contributed by atoms with E-state index in [4.69, 9.17) is 0 Å². The molecule has 0 aliphatic carbocycles. The lowest BCUT2D eigenvalue weighted by Gasteiger charge is -2.28. The first kappa shape index (κ1) is 26.8. The van der Waals surface area contributed by atoms with Crippen LogP contribution in [0.1, 0.15) is 42.9 Å². The number of benzene rings is 3. The minimum Gasteiger partial charge on any atom is -0.353 e. The van der Waals surface area contributed by atoms with Crippen LogP contribution in [0.25, 0.3) is 10.8 Å². The van der Waals surface area contributed by atoms with Gasteiger partial charge in [-0.05, 0) is 60.3 Å². The van der Waals surface area contributed by atoms with Gasteiger partial charge in [0.2, 0.25) is 0 Å². The molecule has 0 amide bonds. The highest BCUT2D eigenvalue weighted by molar-refractivity contribution is 5.85. The van der Waals surface area contributed by atoms with Crippen molar-refractivity contribution in [2.24, 2.45) is 0 Å². The van der Waals surface area contributed by atoms with E-state index in [1.807, 2.05) is 0 Å². The number of piperidine rings is 1. The van der Waals surface area contributed by atoms with E-state index in [2.05, 4.69) is 106 Å². The lowest BCUT2D eigenvalue weighted by atomic mass is 10.0. The van der Waals surface area contributed by atoms with Gasteiger partial charge in [-0.3, -0.25) is 4.90 Å². The van der Waals surface area contributed by atoms with Crippen LogP contribution in [0.4, 0.5) is 0 Å². The molecule has 6 nitrogen and oxygen atoms in total. The number of nitrogens with zero attached hydrogens (tertiary/aromatic N) is 5. The van der Waals surface area contributed by atoms with Crippen LogP contribution in [0.15, 0.2) is 78.1 Å². The van der Waals surface area contributed by atoms with Crippen LogP contribution in [-0.4, -0.2) is 53.5 Å². The number of rotatable bonds is 9. The van der Waals surface area contributed by atoms with Gasteiger partial charge in [-0.2, -0.15) is 10.5 Å². The van der Waals surface area contributed by atoms with Crippen LogP contribution in [-0.2, 0) is 19.6 Å². The Labute approximate surface area is 232 Å². The molecule has 0 saturated carbocycles. The fourth-order valence-corrected chi connectivity index (χ4v) is 5.89. The first-order chi connectivity index (χ1) is 19.1. The summed E-state index contributed by atoms with van der Waals surface area (Å²) in [5.41, 5.74) is 4.04. The Morgan fingerprint density at radius 1 is 0.795 bits per heavy atom. The Morgan fingerprint density at radius 3 is 2.26 bits per heavy atom. The van der Waals surface area contributed by atoms with E-state index in [0.717, 1.165) is 38.5 Å². The molecule has 0 radical (unpaired) electrons. The van der Waals surface area contributed by atoms with Gasteiger partial charge in [-0.1, -0.05) is 73.2 Å². The van der Waals surface area contributed by atoms with Gasteiger partial charge < -0.3 is 15.1 Å². The minimum atomic E-state index is 0.184. The molecule has 1 N–H and O–H groups in total. The van der Waals surface area contributed by atoms with Gasteiger partial charge in [0.15, 0.2) is 5.57 Å². The number of hydrogen-bond donors (Lipinski definition) is 1. The fourth-order valence-electron chi connectivity index (χ4n) is 5.89. The zero-order chi connectivity index (χ0) is 27.0. The highest BCUT2D eigenvalue weighted by atomic mass is 15.4. The van der Waals surface area contributed by atoms with Gasteiger partial charge in [0.1, 0.15) is 18.0 Å². The Kier molecular flexibility index (Phi) is 8.78. The van der Waals surface area contributed by atoms with Gasteiger partial charge in [0.05, 0.1) is 0 Å². The standard InChI is InChI=1S/C33H38N6/c1-26(36-22-27-12-14-28(15-13-27)24-37-16-5-2-6-17-37)23-38-18-19-39(33(38)31(20-34)21-35)25-30-10-7-9-29-8-3-4-11-32(29)30/h3-4,7-15,26,36H,2,5-6,16-19,22-25H2,1H3. The zero-order valence-electron chi connectivity index (χ0n) is 22.9. The molecule has 2 aliphatic rings. The molecule has 0 bridgehead atoms. The smallest absolute Gasteiger partial charge is 0.169 e. The third-order valence-electron chi connectivity index (χ3n) is 7.95. The van der Waals surface area contributed by atoms with Crippen molar-refractivity contribution >= 4 is 10.8 Å². The van der Waals surface area contributed by atoms with Crippen molar-refractivity contribution in [3.63, 3.8) is 0 Å². The number of likely N-dealkylation sites (tertiary alicyclic amines) is 1. The lowest BCUT2D eigenvalue weighted by molar-refractivity contribution is 0.221. The van der Waals surface area contributed by atoms with Crippen LogP contribution in [0.5, 0.6) is 0 Å². The number of allylic oxidation sites excluding steroid dienone is 1. The highest BCUT2D eigenvalue weighted by Gasteiger charge is 2.29. The molecule has 0 aromatic heterocycles. The van der Waals surface area contributed by atoms with Crippen LogP contribution in [0.2, 0.25) is 0 Å². The summed E-state index contributed by atoms with van der Waals surface area (Å²) in [6, 6.07) is 28.2. The number of nitrogens with one attached hydrogen (secondary N) is 1. The molecule has 3 aromatic rings. The molecule has 2 fully saturated rings. The molecule has 3 aromatic carbocycles. The largest absolute Gasteiger partial charge is 0.353 e. The van der Waals surface area contributed by atoms with E-state index >= 15 is 0 Å². The highest BCUT2D eigenvalue weighted by Crippen LogP contribution is 2.27. The van der Waals surface area contributed by atoms with Gasteiger partial charge in [0, 0.05) is 45.3 Å². The van der Waals surface area contributed by atoms with E-state index < -0.39 is 0 Å². The summed E-state index contributed by atoms with van der Waals surface area (Å²) in [5.74, 6) is 0.753. The summed E-state index contributed by atoms with van der Waals surface area (Å²) in [5, 5.41) is 25.6. The second-order valence-corrected chi connectivity index (χ2v) is 10.9. The quantitative estimate of drug-likeness (QED) is 0.384. The molecule has 6 heteroatoms. The second kappa shape index (κ2) is 12.8. The zero-order valence-corrected chi connectivity index (χ0v) is 22.9. The summed E-state index contributed by atoms with van der Waals surface area (Å²) in [7, 11) is 0. The maximum Gasteiger partial charge on any atom is 0.169 e. The average molecular weight is 519 g/mol. The maximum atomic E-state index is 9.77. The summed E-state index contributed by atoms with van der Waals surface area (Å²) >= 11 is 0. The molecule has 1 unspecified atom stereocenters. The summed E-state index contributed by atoms with van der Waals surface area (Å²) in [4.78, 5) is 6.95. The predicted molar refractivity (Wildman–Crippen MR) is 156 cm³/mol. The number of nitriles is 2. The lowest BCUT2D eigenvalue weighted by Crippen LogP contribution is -2.38. The molecule has 1 atom stereocenters. The number of fused-ring (bicyclic) bond motifs is 1. The Hall–Kier alpha value is -3.84. The Morgan fingerprint density at radius 2 is 1.49 bits per heavy atom. The molecule has 2 saturated heterocycles. The van der Waals surface area contributed by atoms with Gasteiger partial charge >= 0.3 is 0 Å². The minimum absolute atomic E-state index is 0.184. The van der Waals surface area contributed by atoms with Crippen LogP contribution >= 0.6 is 0 Å². The van der Waals surface area contributed by atoms with Crippen molar-refractivity contribution in [1.29, 1.82) is 10.5 Å². The Bertz CT molecular complexity index is 1350. The predicted octanol–water partition coefficient (Wildman–Crippen LogP) is 5.38. The molecule has 200 valence electrons. The monoisotopic (exact) mass is 518 g/mol. The van der Waals surface area contributed by atoms with Crippen molar-refractivity contribution < 1.29 is 0 Å². The first-order valence-corrected chi connectivity index (χ1v) is 14.2. The normalized spacial score (nSPS) is 16.7. The van der Waals surface area contributed by atoms with Gasteiger partial charge in [0.25, 0.3) is 0 Å². The molecule has 2 aliphatic heterocycles. The molecule has 0 spiro atoms. The van der Waals surface area contributed by atoms with E-state index in [1.165, 1.54) is 59.8 Å². The van der Waals surface area contributed by atoms with E-state index in [-0.39, 0.29) is 11.6 Å². The molecule has 2 heterocycles. The fraction of sp³-hybridized carbons (Fsp3) is 0.394. The molecular weight excluding hydrogens is 480 g/mol. The van der Waals surface area contributed by atoms with Crippen LogP contribution in [0, 0.1) is 22.7 Å². The van der Waals surface area contributed by atoms with Crippen molar-refractivity contribution in [3.05, 3.63) is 94.8 Å². The van der Waals surface area contributed by atoms with Crippen molar-refractivity contribution in [2.45, 2.75) is 51.9 Å². The van der Waals surface area contributed by atoms with Crippen molar-refractivity contribution in [3.8, 4) is 12.1 Å². The third kappa shape index (κ3) is 6.60. The number of hydrogen-bond acceptors (Lipinski definition) is 6. The topological polar surface area (TPSA) is 69.3 Å². The van der Waals surface area contributed by atoms with E-state index in [1.54, 1.807) is 0 Å². The van der Waals surface area contributed by atoms with E-state index in [9.17, 15) is 10.5 Å². The SMILES string of the molecule is CC(CN1CCN(Cc2cccc3ccccc23)C1=C(C#N)C#N)NCc1ccc(CN2CCCCC2)cc1. The van der Waals surface area contributed by atoms with Gasteiger partial charge in [-0.15, -0.1) is 0 Å². The third-order valence-corrected chi connectivity index (χ3v) is 7.95. The van der Waals surface area contributed by atoms with Gasteiger partial charge in [-0.25, -0.2) is 0 Å². The summed E-state index contributed by atoms with van der Waals surface area (Å²) in [6.45, 7) is 9.44. The van der Waals surface area contributed by atoms with E-state index in [0.29, 0.717) is 6.54 Å². The second-order valence-electron chi connectivity index (χ2n) is 10.9. The molecular formula is C33H38N6. The van der Waals surface area contributed by atoms with Crippen LogP contribution in [0.3, 0.4) is 0 Å². The summed E-state index contributed by atoms with van der Waals surface area (Å²) in [6.07, 6.45) is 4.00. The van der Waals surface area contributed by atoms with Crippen molar-refractivity contribution in [2.75, 3.05) is 32.7 Å². The first-order valence-electron chi connectivity index (χ1n) is 14.2. The van der Waals surface area contributed by atoms with Crippen molar-refractivity contribution in [1.82, 2.24) is 20.0 Å². The molecule has 39 heavy (non-hydrogen) atoms. The summed E-state index contributed by atoms with van der Waals surface area (Å²) < 4.78 is 0. The molecule has 5 rings (SSSR count). The van der Waals surface area contributed by atoms with Crippen LogP contribution < -0.4 is 5.32 Å².